The normalized spacial score (nSPS) is 13.9. The minimum atomic E-state index is -1.05. The Morgan fingerprint density at radius 3 is 2.72 bits per heavy atom. The van der Waals surface area contributed by atoms with Crippen molar-refractivity contribution < 1.29 is 14.7 Å². The molecule has 100 valence electrons. The number of carboxylic acids is 1. The predicted molar refractivity (Wildman–Crippen MR) is 70.3 cm³/mol. The molecule has 0 aliphatic heterocycles. The Labute approximate surface area is 110 Å². The van der Waals surface area contributed by atoms with Crippen LogP contribution in [0.25, 0.3) is 0 Å². The van der Waals surface area contributed by atoms with Gasteiger partial charge in [-0.1, -0.05) is 19.4 Å². The van der Waals surface area contributed by atoms with Crippen molar-refractivity contribution in [1.29, 1.82) is 0 Å². The first-order chi connectivity index (χ1) is 8.58. The van der Waals surface area contributed by atoms with Gasteiger partial charge >= 0.3 is 5.97 Å². The molecule has 1 heterocycles. The highest BCUT2D eigenvalue weighted by Gasteiger charge is 2.23. The number of amides is 1. The van der Waals surface area contributed by atoms with Crippen LogP contribution in [-0.2, 0) is 9.59 Å². The molecule has 0 aliphatic rings. The van der Waals surface area contributed by atoms with E-state index in [1.54, 1.807) is 17.5 Å². The summed E-state index contributed by atoms with van der Waals surface area (Å²) in [6.07, 6.45) is 1.07. The van der Waals surface area contributed by atoms with Gasteiger partial charge in [0.05, 0.1) is 0 Å². The summed E-state index contributed by atoms with van der Waals surface area (Å²) in [5.74, 6) is -1.22. The standard InChI is InChI=1S/C12H18N2O3S/c1-2-8(7-13)6-10(15)14-11(12(16)17)9-4-3-5-18-9/h3-5,8,11H,2,6-7,13H2,1H3,(H,14,15)(H,16,17). The van der Waals surface area contributed by atoms with Gasteiger partial charge in [-0.15, -0.1) is 11.3 Å². The van der Waals surface area contributed by atoms with E-state index in [-0.39, 0.29) is 18.2 Å². The lowest BCUT2D eigenvalue weighted by atomic mass is 10.0. The number of rotatable bonds is 7. The van der Waals surface area contributed by atoms with Gasteiger partial charge in [-0.2, -0.15) is 0 Å². The predicted octanol–water partition coefficient (Wildman–Crippen LogP) is 1.37. The van der Waals surface area contributed by atoms with Crippen molar-refractivity contribution in [3.8, 4) is 0 Å². The first-order valence-corrected chi connectivity index (χ1v) is 6.72. The third kappa shape index (κ3) is 4.12. The third-order valence-corrected chi connectivity index (χ3v) is 3.70. The van der Waals surface area contributed by atoms with Crippen LogP contribution in [0.5, 0.6) is 0 Å². The summed E-state index contributed by atoms with van der Waals surface area (Å²) in [7, 11) is 0. The second kappa shape index (κ2) is 7.13. The third-order valence-electron chi connectivity index (χ3n) is 2.76. The van der Waals surface area contributed by atoms with E-state index < -0.39 is 12.0 Å². The Morgan fingerprint density at radius 2 is 2.28 bits per heavy atom. The van der Waals surface area contributed by atoms with E-state index in [0.717, 1.165) is 6.42 Å². The van der Waals surface area contributed by atoms with Crippen LogP contribution in [0.2, 0.25) is 0 Å². The zero-order valence-corrected chi connectivity index (χ0v) is 11.1. The van der Waals surface area contributed by atoms with Crippen molar-refractivity contribution in [2.75, 3.05) is 6.54 Å². The van der Waals surface area contributed by atoms with Crippen LogP contribution in [0.3, 0.4) is 0 Å². The average molecular weight is 270 g/mol. The van der Waals surface area contributed by atoms with Gasteiger partial charge < -0.3 is 16.2 Å². The van der Waals surface area contributed by atoms with Gasteiger partial charge in [0.25, 0.3) is 0 Å². The highest BCUT2D eigenvalue weighted by atomic mass is 32.1. The van der Waals surface area contributed by atoms with E-state index >= 15 is 0 Å². The first-order valence-electron chi connectivity index (χ1n) is 5.84. The number of carboxylic acid groups (broad SMARTS) is 1. The summed E-state index contributed by atoms with van der Waals surface area (Å²) in [6, 6.07) is 2.49. The molecule has 0 aromatic carbocycles. The van der Waals surface area contributed by atoms with Crippen LogP contribution in [0, 0.1) is 5.92 Å². The maximum absolute atomic E-state index is 11.8. The number of nitrogens with one attached hydrogen (secondary N) is 1. The van der Waals surface area contributed by atoms with Crippen molar-refractivity contribution >= 4 is 23.2 Å². The number of thiophene rings is 1. The molecule has 6 heteroatoms. The summed E-state index contributed by atoms with van der Waals surface area (Å²) in [5, 5.41) is 13.4. The van der Waals surface area contributed by atoms with Crippen molar-refractivity contribution in [2.24, 2.45) is 11.7 Å². The SMILES string of the molecule is CCC(CN)CC(=O)NC(C(=O)O)c1cccs1. The zero-order valence-electron chi connectivity index (χ0n) is 10.3. The Kier molecular flexibility index (Phi) is 5.80. The number of carbonyl (C=O) groups is 2. The van der Waals surface area contributed by atoms with Crippen molar-refractivity contribution in [3.05, 3.63) is 22.4 Å². The molecule has 0 fully saturated rings. The first kappa shape index (κ1) is 14.7. The molecule has 5 nitrogen and oxygen atoms in total. The zero-order chi connectivity index (χ0) is 13.5. The van der Waals surface area contributed by atoms with Gasteiger partial charge in [-0.05, 0) is 23.9 Å². The summed E-state index contributed by atoms with van der Waals surface area (Å²) in [6.45, 7) is 2.39. The van der Waals surface area contributed by atoms with E-state index in [4.69, 9.17) is 10.8 Å². The summed E-state index contributed by atoms with van der Waals surface area (Å²) in [5.41, 5.74) is 5.52. The largest absolute Gasteiger partial charge is 0.479 e. The van der Waals surface area contributed by atoms with E-state index in [1.807, 2.05) is 6.92 Å². The second-order valence-corrected chi connectivity index (χ2v) is 5.05. The quantitative estimate of drug-likeness (QED) is 0.697. The molecule has 2 unspecified atom stereocenters. The fraction of sp³-hybridized carbons (Fsp3) is 0.500. The molecule has 0 saturated heterocycles. The Bertz CT molecular complexity index is 388. The molecule has 18 heavy (non-hydrogen) atoms. The molecule has 0 spiro atoms. The summed E-state index contributed by atoms with van der Waals surface area (Å²) >= 11 is 1.31. The van der Waals surface area contributed by atoms with Crippen LogP contribution in [-0.4, -0.2) is 23.5 Å². The molecule has 1 rings (SSSR count). The number of nitrogens with two attached hydrogens (primary N) is 1. The molecule has 1 aromatic rings. The lowest BCUT2D eigenvalue weighted by Crippen LogP contribution is -2.35. The highest BCUT2D eigenvalue weighted by Crippen LogP contribution is 2.19. The molecule has 0 saturated carbocycles. The Balaban J connectivity index is 2.62. The number of hydrogen-bond acceptors (Lipinski definition) is 4. The van der Waals surface area contributed by atoms with Crippen LogP contribution in [0.15, 0.2) is 17.5 Å². The number of aliphatic carboxylic acids is 1. The molecule has 1 aromatic heterocycles. The molecule has 1 amide bonds. The lowest BCUT2D eigenvalue weighted by molar-refractivity contribution is -0.142. The molecule has 4 N–H and O–H groups in total. The van der Waals surface area contributed by atoms with Crippen LogP contribution >= 0.6 is 11.3 Å². The van der Waals surface area contributed by atoms with Gasteiger partial charge in [-0.25, -0.2) is 4.79 Å². The molecular weight excluding hydrogens is 252 g/mol. The fourth-order valence-electron chi connectivity index (χ4n) is 1.59. The Hall–Kier alpha value is -1.40. The Morgan fingerprint density at radius 1 is 1.56 bits per heavy atom. The number of hydrogen-bond donors (Lipinski definition) is 3. The monoisotopic (exact) mass is 270 g/mol. The van der Waals surface area contributed by atoms with Crippen LogP contribution < -0.4 is 11.1 Å². The maximum Gasteiger partial charge on any atom is 0.331 e. The van der Waals surface area contributed by atoms with E-state index in [9.17, 15) is 9.59 Å². The molecular formula is C12H18N2O3S. The average Bonchev–Trinajstić information content (AvgIpc) is 2.86. The molecule has 0 aliphatic carbocycles. The summed E-state index contributed by atoms with van der Waals surface area (Å²) in [4.78, 5) is 23.5. The second-order valence-electron chi connectivity index (χ2n) is 4.07. The minimum absolute atomic E-state index is 0.0998. The maximum atomic E-state index is 11.8. The van der Waals surface area contributed by atoms with Gasteiger partial charge in [0.2, 0.25) is 5.91 Å². The fourth-order valence-corrected chi connectivity index (χ4v) is 2.35. The van der Waals surface area contributed by atoms with Crippen LogP contribution in [0.1, 0.15) is 30.7 Å². The lowest BCUT2D eigenvalue weighted by Gasteiger charge is -2.16. The van der Waals surface area contributed by atoms with Crippen molar-refractivity contribution in [3.63, 3.8) is 0 Å². The number of carbonyl (C=O) groups excluding carboxylic acids is 1. The highest BCUT2D eigenvalue weighted by molar-refractivity contribution is 7.10. The van der Waals surface area contributed by atoms with Crippen molar-refractivity contribution in [1.82, 2.24) is 5.32 Å². The van der Waals surface area contributed by atoms with Gasteiger partial charge in [-0.3, -0.25) is 4.79 Å². The van der Waals surface area contributed by atoms with Gasteiger partial charge in [0, 0.05) is 11.3 Å². The molecule has 2 atom stereocenters. The van der Waals surface area contributed by atoms with E-state index in [0.29, 0.717) is 11.4 Å². The summed E-state index contributed by atoms with van der Waals surface area (Å²) < 4.78 is 0. The van der Waals surface area contributed by atoms with Crippen molar-refractivity contribution in [2.45, 2.75) is 25.8 Å². The topological polar surface area (TPSA) is 92.4 Å². The van der Waals surface area contributed by atoms with Gasteiger partial charge in [0.1, 0.15) is 0 Å². The van der Waals surface area contributed by atoms with Crippen LogP contribution in [0.4, 0.5) is 0 Å². The smallest absolute Gasteiger partial charge is 0.331 e. The van der Waals surface area contributed by atoms with E-state index in [1.165, 1.54) is 11.3 Å². The minimum Gasteiger partial charge on any atom is -0.479 e. The molecule has 0 bridgehead atoms. The van der Waals surface area contributed by atoms with Gasteiger partial charge in [0.15, 0.2) is 6.04 Å². The molecule has 0 radical (unpaired) electrons. The van der Waals surface area contributed by atoms with E-state index in [2.05, 4.69) is 5.32 Å².